The van der Waals surface area contributed by atoms with Gasteiger partial charge in [0.25, 0.3) is 5.91 Å². The molecule has 0 saturated heterocycles. The lowest BCUT2D eigenvalue weighted by molar-refractivity contribution is 0.0691. The van der Waals surface area contributed by atoms with Crippen LogP contribution in [-0.2, 0) is 0 Å². The Morgan fingerprint density at radius 3 is 2.68 bits per heavy atom. The standard InChI is InChI=1S/C12H10FN3O3/c1-6-9(5-14-16-6)11(17)15-7-2-3-10(13)8(4-7)12(18)19/h2-5H,1H3,(H,14,16)(H,15,17)(H,18,19). The summed E-state index contributed by atoms with van der Waals surface area (Å²) >= 11 is 0. The molecule has 0 aliphatic carbocycles. The van der Waals surface area contributed by atoms with Crippen molar-refractivity contribution in [2.24, 2.45) is 0 Å². The van der Waals surface area contributed by atoms with E-state index in [1.165, 1.54) is 12.3 Å². The van der Waals surface area contributed by atoms with Crippen molar-refractivity contribution >= 4 is 17.6 Å². The van der Waals surface area contributed by atoms with Crippen LogP contribution in [0.4, 0.5) is 10.1 Å². The molecular weight excluding hydrogens is 253 g/mol. The van der Waals surface area contributed by atoms with Crippen LogP contribution in [0.3, 0.4) is 0 Å². The van der Waals surface area contributed by atoms with Crippen LogP contribution in [0, 0.1) is 12.7 Å². The lowest BCUT2D eigenvalue weighted by atomic mass is 10.1. The third-order valence-electron chi connectivity index (χ3n) is 2.53. The van der Waals surface area contributed by atoms with Gasteiger partial charge in [0.2, 0.25) is 0 Å². The molecule has 2 rings (SSSR count). The number of carboxylic acid groups (broad SMARTS) is 1. The number of halogens is 1. The zero-order valence-corrected chi connectivity index (χ0v) is 9.90. The largest absolute Gasteiger partial charge is 0.478 e. The third kappa shape index (κ3) is 2.59. The average Bonchev–Trinajstić information content (AvgIpc) is 2.77. The normalized spacial score (nSPS) is 10.2. The summed E-state index contributed by atoms with van der Waals surface area (Å²) in [5, 5.41) is 17.6. The van der Waals surface area contributed by atoms with Gasteiger partial charge in [0.1, 0.15) is 5.82 Å². The Kier molecular flexibility index (Phi) is 3.28. The van der Waals surface area contributed by atoms with E-state index in [1.807, 2.05) is 0 Å². The molecule has 0 aliphatic heterocycles. The van der Waals surface area contributed by atoms with Crippen LogP contribution >= 0.6 is 0 Å². The predicted octanol–water partition coefficient (Wildman–Crippen LogP) is 1.81. The second-order valence-electron chi connectivity index (χ2n) is 3.86. The third-order valence-corrected chi connectivity index (χ3v) is 2.53. The van der Waals surface area contributed by atoms with Gasteiger partial charge in [-0.1, -0.05) is 0 Å². The van der Waals surface area contributed by atoms with Crippen LogP contribution in [0.15, 0.2) is 24.4 Å². The molecule has 2 aromatic rings. The van der Waals surface area contributed by atoms with Crippen LogP contribution in [0.1, 0.15) is 26.4 Å². The first-order chi connectivity index (χ1) is 8.99. The average molecular weight is 263 g/mol. The Morgan fingerprint density at radius 1 is 1.37 bits per heavy atom. The fourth-order valence-corrected chi connectivity index (χ4v) is 1.54. The fourth-order valence-electron chi connectivity index (χ4n) is 1.54. The molecule has 0 unspecified atom stereocenters. The molecule has 0 aliphatic rings. The highest BCUT2D eigenvalue weighted by atomic mass is 19.1. The summed E-state index contributed by atoms with van der Waals surface area (Å²) < 4.78 is 13.2. The van der Waals surface area contributed by atoms with Crippen LogP contribution in [-0.4, -0.2) is 27.2 Å². The van der Waals surface area contributed by atoms with Crippen LogP contribution < -0.4 is 5.32 Å². The first kappa shape index (κ1) is 12.7. The number of nitrogens with one attached hydrogen (secondary N) is 2. The SMILES string of the molecule is Cc1[nH]ncc1C(=O)Nc1ccc(F)c(C(=O)O)c1. The van der Waals surface area contributed by atoms with Gasteiger partial charge in [-0.2, -0.15) is 5.10 Å². The predicted molar refractivity (Wildman–Crippen MR) is 64.6 cm³/mol. The molecular formula is C12H10FN3O3. The number of benzene rings is 1. The van der Waals surface area contributed by atoms with Crippen molar-refractivity contribution in [2.75, 3.05) is 5.32 Å². The Labute approximate surface area is 107 Å². The number of aromatic carboxylic acids is 1. The van der Waals surface area contributed by atoms with E-state index in [1.54, 1.807) is 6.92 Å². The van der Waals surface area contributed by atoms with E-state index in [2.05, 4.69) is 15.5 Å². The van der Waals surface area contributed by atoms with Crippen molar-refractivity contribution in [1.29, 1.82) is 0 Å². The topological polar surface area (TPSA) is 95.1 Å². The summed E-state index contributed by atoms with van der Waals surface area (Å²) in [7, 11) is 0. The number of aryl methyl sites for hydroxylation is 1. The summed E-state index contributed by atoms with van der Waals surface area (Å²) in [5.74, 6) is -2.70. The molecule has 0 saturated carbocycles. The van der Waals surface area contributed by atoms with Gasteiger partial charge in [-0.3, -0.25) is 9.89 Å². The minimum atomic E-state index is -1.40. The van der Waals surface area contributed by atoms with Gasteiger partial charge in [0.15, 0.2) is 0 Å². The number of carbonyl (C=O) groups excluding carboxylic acids is 1. The number of nitrogens with zero attached hydrogens (tertiary/aromatic N) is 1. The van der Waals surface area contributed by atoms with Gasteiger partial charge in [0, 0.05) is 11.4 Å². The Hall–Kier alpha value is -2.70. The molecule has 1 amide bonds. The summed E-state index contributed by atoms with van der Waals surface area (Å²) in [4.78, 5) is 22.6. The van der Waals surface area contributed by atoms with Crippen molar-refractivity contribution < 1.29 is 19.1 Å². The zero-order chi connectivity index (χ0) is 14.0. The molecule has 0 radical (unpaired) electrons. The number of rotatable bonds is 3. The maximum atomic E-state index is 13.2. The van der Waals surface area contributed by atoms with Gasteiger partial charge in [-0.05, 0) is 25.1 Å². The highest BCUT2D eigenvalue weighted by Gasteiger charge is 2.14. The summed E-state index contributed by atoms with van der Waals surface area (Å²) in [6, 6.07) is 3.33. The maximum Gasteiger partial charge on any atom is 0.338 e. The van der Waals surface area contributed by atoms with Gasteiger partial charge in [-0.25, -0.2) is 9.18 Å². The molecule has 3 N–H and O–H groups in total. The number of aromatic amines is 1. The first-order valence-corrected chi connectivity index (χ1v) is 5.33. The Balaban J connectivity index is 2.25. The minimum Gasteiger partial charge on any atom is -0.478 e. The van der Waals surface area contributed by atoms with Crippen LogP contribution in [0.25, 0.3) is 0 Å². The quantitative estimate of drug-likeness (QED) is 0.787. The number of carboxylic acids is 1. The highest BCUT2D eigenvalue weighted by Crippen LogP contribution is 2.16. The first-order valence-electron chi connectivity index (χ1n) is 5.33. The minimum absolute atomic E-state index is 0.199. The molecule has 0 atom stereocenters. The van der Waals surface area contributed by atoms with Crippen molar-refractivity contribution in [3.63, 3.8) is 0 Å². The second kappa shape index (κ2) is 4.89. The number of hydrogen-bond acceptors (Lipinski definition) is 3. The Morgan fingerprint density at radius 2 is 2.11 bits per heavy atom. The molecule has 1 aromatic carbocycles. The van der Waals surface area contributed by atoms with Gasteiger partial charge < -0.3 is 10.4 Å². The molecule has 6 nitrogen and oxygen atoms in total. The number of anilines is 1. The molecule has 0 bridgehead atoms. The van der Waals surface area contributed by atoms with Crippen LogP contribution in [0.2, 0.25) is 0 Å². The fraction of sp³-hybridized carbons (Fsp3) is 0.0833. The van der Waals surface area contributed by atoms with E-state index in [-0.39, 0.29) is 5.69 Å². The Bertz CT molecular complexity index is 651. The summed E-state index contributed by atoms with van der Waals surface area (Å²) in [6.45, 7) is 1.68. The molecule has 1 aromatic heterocycles. The van der Waals surface area contributed by atoms with Gasteiger partial charge in [-0.15, -0.1) is 0 Å². The van der Waals surface area contributed by atoms with E-state index in [0.29, 0.717) is 11.3 Å². The van der Waals surface area contributed by atoms with Crippen molar-refractivity contribution in [3.05, 3.63) is 47.0 Å². The van der Waals surface area contributed by atoms with Crippen molar-refractivity contribution in [2.45, 2.75) is 6.92 Å². The van der Waals surface area contributed by atoms with E-state index < -0.39 is 23.3 Å². The summed E-state index contributed by atoms with van der Waals surface area (Å²) in [6.07, 6.45) is 1.35. The molecule has 0 fully saturated rings. The number of H-pyrrole nitrogens is 1. The van der Waals surface area contributed by atoms with Gasteiger partial charge >= 0.3 is 5.97 Å². The monoisotopic (exact) mass is 263 g/mol. The number of carbonyl (C=O) groups is 2. The van der Waals surface area contributed by atoms with E-state index in [9.17, 15) is 14.0 Å². The number of aromatic nitrogens is 2. The van der Waals surface area contributed by atoms with Crippen molar-refractivity contribution in [1.82, 2.24) is 10.2 Å². The highest BCUT2D eigenvalue weighted by molar-refractivity contribution is 6.05. The molecule has 19 heavy (non-hydrogen) atoms. The van der Waals surface area contributed by atoms with Crippen LogP contribution in [0.5, 0.6) is 0 Å². The lowest BCUT2D eigenvalue weighted by Crippen LogP contribution is -2.13. The van der Waals surface area contributed by atoms with E-state index >= 15 is 0 Å². The molecule has 0 spiro atoms. The molecule has 1 heterocycles. The maximum absolute atomic E-state index is 13.2. The number of hydrogen-bond donors (Lipinski definition) is 3. The smallest absolute Gasteiger partial charge is 0.338 e. The van der Waals surface area contributed by atoms with E-state index in [4.69, 9.17) is 5.11 Å². The van der Waals surface area contributed by atoms with Crippen molar-refractivity contribution in [3.8, 4) is 0 Å². The number of amides is 1. The second-order valence-corrected chi connectivity index (χ2v) is 3.86. The molecule has 7 heteroatoms. The van der Waals surface area contributed by atoms with E-state index in [0.717, 1.165) is 12.1 Å². The lowest BCUT2D eigenvalue weighted by Gasteiger charge is -2.06. The zero-order valence-electron chi connectivity index (χ0n) is 9.90. The molecule has 98 valence electrons. The van der Waals surface area contributed by atoms with Gasteiger partial charge in [0.05, 0.1) is 17.3 Å². The summed E-state index contributed by atoms with van der Waals surface area (Å²) in [5.41, 5.74) is 0.616.